The SMILES string of the molecule is COc1cccc(C(=O)Nc2cccc3ncccc23)c1O. The van der Waals surface area contributed by atoms with Crippen molar-refractivity contribution in [3.63, 3.8) is 0 Å². The van der Waals surface area contributed by atoms with Crippen LogP contribution < -0.4 is 10.1 Å². The molecule has 0 spiro atoms. The molecule has 3 aromatic rings. The molecule has 0 saturated carbocycles. The quantitative estimate of drug-likeness (QED) is 0.778. The van der Waals surface area contributed by atoms with Crippen LogP contribution in [0.25, 0.3) is 10.9 Å². The third-order valence-electron chi connectivity index (χ3n) is 3.36. The van der Waals surface area contributed by atoms with Crippen molar-refractivity contribution in [1.29, 1.82) is 0 Å². The molecule has 0 radical (unpaired) electrons. The molecule has 0 aliphatic rings. The van der Waals surface area contributed by atoms with Crippen molar-refractivity contribution in [2.75, 3.05) is 12.4 Å². The Hall–Kier alpha value is -3.08. The van der Waals surface area contributed by atoms with Gasteiger partial charge in [-0.05, 0) is 36.4 Å². The lowest BCUT2D eigenvalue weighted by molar-refractivity contribution is 0.102. The number of rotatable bonds is 3. The van der Waals surface area contributed by atoms with Gasteiger partial charge in [-0.15, -0.1) is 0 Å². The number of amides is 1. The molecular weight excluding hydrogens is 280 g/mol. The molecule has 0 saturated heterocycles. The highest BCUT2D eigenvalue weighted by molar-refractivity contribution is 6.10. The Morgan fingerprint density at radius 1 is 1.14 bits per heavy atom. The molecule has 5 heteroatoms. The maximum absolute atomic E-state index is 12.4. The lowest BCUT2D eigenvalue weighted by Crippen LogP contribution is -2.12. The summed E-state index contributed by atoms with van der Waals surface area (Å²) in [6, 6.07) is 13.9. The van der Waals surface area contributed by atoms with Gasteiger partial charge in [0.1, 0.15) is 0 Å². The fourth-order valence-electron chi connectivity index (χ4n) is 2.27. The Kier molecular flexibility index (Phi) is 3.62. The number of methoxy groups -OCH3 is 1. The number of fused-ring (bicyclic) bond motifs is 1. The van der Waals surface area contributed by atoms with Crippen molar-refractivity contribution >= 4 is 22.5 Å². The number of hydrogen-bond acceptors (Lipinski definition) is 4. The Morgan fingerprint density at radius 3 is 2.77 bits per heavy atom. The summed E-state index contributed by atoms with van der Waals surface area (Å²) in [4.78, 5) is 16.6. The van der Waals surface area contributed by atoms with Gasteiger partial charge < -0.3 is 15.2 Å². The van der Waals surface area contributed by atoms with Crippen LogP contribution in [0.3, 0.4) is 0 Å². The van der Waals surface area contributed by atoms with Crippen molar-refractivity contribution in [3.05, 3.63) is 60.3 Å². The number of nitrogens with zero attached hydrogens (tertiary/aromatic N) is 1. The average molecular weight is 294 g/mol. The molecule has 22 heavy (non-hydrogen) atoms. The van der Waals surface area contributed by atoms with Gasteiger partial charge in [0.05, 0.1) is 23.9 Å². The van der Waals surface area contributed by atoms with Crippen LogP contribution in [0.4, 0.5) is 5.69 Å². The maximum Gasteiger partial charge on any atom is 0.259 e. The summed E-state index contributed by atoms with van der Waals surface area (Å²) in [5.41, 5.74) is 1.58. The number of phenols is 1. The molecule has 0 aliphatic carbocycles. The zero-order chi connectivity index (χ0) is 15.5. The minimum Gasteiger partial charge on any atom is -0.504 e. The van der Waals surface area contributed by atoms with Gasteiger partial charge in [0.2, 0.25) is 0 Å². The average Bonchev–Trinajstić information content (AvgIpc) is 2.55. The number of hydrogen-bond donors (Lipinski definition) is 2. The molecule has 2 N–H and O–H groups in total. The molecule has 3 rings (SSSR count). The normalized spacial score (nSPS) is 10.4. The van der Waals surface area contributed by atoms with Crippen LogP contribution in [0.2, 0.25) is 0 Å². The van der Waals surface area contributed by atoms with E-state index in [2.05, 4.69) is 10.3 Å². The van der Waals surface area contributed by atoms with Gasteiger partial charge in [-0.1, -0.05) is 12.1 Å². The fraction of sp³-hybridized carbons (Fsp3) is 0.0588. The summed E-state index contributed by atoms with van der Waals surface area (Å²) in [5, 5.41) is 13.7. The topological polar surface area (TPSA) is 71.5 Å². The molecule has 0 aliphatic heterocycles. The van der Waals surface area contributed by atoms with E-state index in [-0.39, 0.29) is 17.1 Å². The van der Waals surface area contributed by atoms with Crippen LogP contribution in [0.1, 0.15) is 10.4 Å². The number of benzene rings is 2. The van der Waals surface area contributed by atoms with Crippen LogP contribution in [-0.4, -0.2) is 23.1 Å². The molecule has 1 amide bonds. The first-order valence-electron chi connectivity index (χ1n) is 6.72. The van der Waals surface area contributed by atoms with Crippen molar-refractivity contribution in [2.45, 2.75) is 0 Å². The zero-order valence-corrected chi connectivity index (χ0v) is 11.9. The third kappa shape index (κ3) is 2.44. The number of phenolic OH excluding ortho intramolecular Hbond substituents is 1. The Labute approximate surface area is 127 Å². The highest BCUT2D eigenvalue weighted by Crippen LogP contribution is 2.30. The van der Waals surface area contributed by atoms with E-state index in [1.54, 1.807) is 30.5 Å². The molecule has 0 fully saturated rings. The number of aromatic nitrogens is 1. The highest BCUT2D eigenvalue weighted by Gasteiger charge is 2.15. The molecule has 0 atom stereocenters. The van der Waals surface area contributed by atoms with E-state index < -0.39 is 5.91 Å². The monoisotopic (exact) mass is 294 g/mol. The fourth-order valence-corrected chi connectivity index (χ4v) is 2.27. The number of pyridine rings is 1. The minimum absolute atomic E-state index is 0.153. The Morgan fingerprint density at radius 2 is 1.95 bits per heavy atom. The zero-order valence-electron chi connectivity index (χ0n) is 11.9. The van der Waals surface area contributed by atoms with Gasteiger partial charge in [-0.3, -0.25) is 9.78 Å². The number of carbonyl (C=O) groups is 1. The van der Waals surface area contributed by atoms with Gasteiger partial charge in [-0.2, -0.15) is 0 Å². The lowest BCUT2D eigenvalue weighted by atomic mass is 10.1. The first-order chi connectivity index (χ1) is 10.7. The van der Waals surface area contributed by atoms with Gasteiger partial charge in [0, 0.05) is 11.6 Å². The van der Waals surface area contributed by atoms with Gasteiger partial charge in [-0.25, -0.2) is 0 Å². The van der Waals surface area contributed by atoms with Gasteiger partial charge in [0.15, 0.2) is 11.5 Å². The van der Waals surface area contributed by atoms with E-state index >= 15 is 0 Å². The number of nitrogens with one attached hydrogen (secondary N) is 1. The van der Waals surface area contributed by atoms with Crippen LogP contribution in [-0.2, 0) is 0 Å². The van der Waals surface area contributed by atoms with Gasteiger partial charge in [0.25, 0.3) is 5.91 Å². The lowest BCUT2D eigenvalue weighted by Gasteiger charge is -2.11. The molecule has 1 aromatic heterocycles. The maximum atomic E-state index is 12.4. The molecule has 2 aromatic carbocycles. The van der Waals surface area contributed by atoms with Crippen LogP contribution in [0, 0.1) is 0 Å². The Bertz CT molecular complexity index is 841. The second-order valence-electron chi connectivity index (χ2n) is 4.69. The van der Waals surface area contributed by atoms with Crippen LogP contribution in [0.15, 0.2) is 54.7 Å². The number of anilines is 1. The second-order valence-corrected chi connectivity index (χ2v) is 4.69. The number of carbonyl (C=O) groups excluding carboxylic acids is 1. The first-order valence-corrected chi connectivity index (χ1v) is 6.72. The van der Waals surface area contributed by atoms with Crippen LogP contribution >= 0.6 is 0 Å². The second kappa shape index (κ2) is 5.73. The molecule has 5 nitrogen and oxygen atoms in total. The molecule has 1 heterocycles. The van der Waals surface area contributed by atoms with E-state index in [1.165, 1.54) is 13.2 Å². The van der Waals surface area contributed by atoms with Crippen molar-refractivity contribution in [2.24, 2.45) is 0 Å². The smallest absolute Gasteiger partial charge is 0.259 e. The number of aromatic hydroxyl groups is 1. The molecule has 110 valence electrons. The Balaban J connectivity index is 1.97. The summed E-state index contributed by atoms with van der Waals surface area (Å²) >= 11 is 0. The molecular formula is C17H14N2O3. The highest BCUT2D eigenvalue weighted by atomic mass is 16.5. The van der Waals surface area contributed by atoms with Gasteiger partial charge >= 0.3 is 0 Å². The predicted octanol–water partition coefficient (Wildman–Crippen LogP) is 3.20. The summed E-state index contributed by atoms with van der Waals surface area (Å²) in [6.45, 7) is 0. The predicted molar refractivity (Wildman–Crippen MR) is 84.4 cm³/mol. The first kappa shape index (κ1) is 13.9. The van der Waals surface area contributed by atoms with Crippen molar-refractivity contribution in [1.82, 2.24) is 4.98 Å². The van der Waals surface area contributed by atoms with E-state index in [9.17, 15) is 9.90 Å². The van der Waals surface area contributed by atoms with E-state index in [0.717, 1.165) is 10.9 Å². The van der Waals surface area contributed by atoms with Crippen LogP contribution in [0.5, 0.6) is 11.5 Å². The summed E-state index contributed by atoms with van der Waals surface area (Å²) in [6.07, 6.45) is 1.70. The summed E-state index contributed by atoms with van der Waals surface area (Å²) in [7, 11) is 1.44. The minimum atomic E-state index is -0.409. The summed E-state index contributed by atoms with van der Waals surface area (Å²) in [5.74, 6) is -0.333. The van der Waals surface area contributed by atoms with E-state index in [1.807, 2.05) is 18.2 Å². The molecule has 0 unspecified atom stereocenters. The van der Waals surface area contributed by atoms with Crippen molar-refractivity contribution in [3.8, 4) is 11.5 Å². The largest absolute Gasteiger partial charge is 0.504 e. The number of ether oxygens (including phenoxy) is 1. The van der Waals surface area contributed by atoms with Crippen molar-refractivity contribution < 1.29 is 14.6 Å². The molecule has 0 bridgehead atoms. The number of para-hydroxylation sites is 1. The van der Waals surface area contributed by atoms with E-state index in [0.29, 0.717) is 5.69 Å². The summed E-state index contributed by atoms with van der Waals surface area (Å²) < 4.78 is 5.02. The van der Waals surface area contributed by atoms with E-state index in [4.69, 9.17) is 4.74 Å². The third-order valence-corrected chi connectivity index (χ3v) is 3.36. The standard InChI is InChI=1S/C17H14N2O3/c1-22-15-9-2-5-12(16(15)20)17(21)19-14-8-3-7-13-11(14)6-4-10-18-13/h2-10,20H,1H3,(H,19,21).